The smallest absolute Gasteiger partial charge is 0.263 e. The van der Waals surface area contributed by atoms with Crippen LogP contribution in [0.1, 0.15) is 5.69 Å². The Morgan fingerprint density at radius 3 is 2.71 bits per heavy atom. The maximum Gasteiger partial charge on any atom is 0.263 e. The molecule has 0 fully saturated rings. The molecule has 0 saturated carbocycles. The van der Waals surface area contributed by atoms with Crippen LogP contribution in [0, 0.1) is 18.6 Å². The molecule has 2 N–H and O–H groups in total. The fourth-order valence-electron chi connectivity index (χ4n) is 3.58. The number of nitrogens with one attached hydrogen (secondary N) is 2. The second-order valence-electron chi connectivity index (χ2n) is 7.37. The van der Waals surface area contributed by atoms with Crippen molar-refractivity contribution in [2.45, 2.75) is 11.8 Å². The van der Waals surface area contributed by atoms with Gasteiger partial charge in [-0.25, -0.2) is 27.2 Å². The van der Waals surface area contributed by atoms with Crippen LogP contribution in [0.2, 0.25) is 5.02 Å². The SMILES string of the molecule is Cc1ncc(Cl)cc1S(=O)(=O)Nc1ccc(F)c(-c2ccc3c(-c4ncc[nH]4)ncn3c2)c1F. The molecule has 5 rings (SSSR count). The number of halogens is 3. The van der Waals surface area contributed by atoms with E-state index in [1.54, 1.807) is 22.9 Å². The van der Waals surface area contributed by atoms with Gasteiger partial charge in [0.15, 0.2) is 11.6 Å². The number of hydrogen-bond donors (Lipinski definition) is 2. The van der Waals surface area contributed by atoms with E-state index in [1.807, 2.05) is 0 Å². The van der Waals surface area contributed by atoms with Gasteiger partial charge in [0.2, 0.25) is 0 Å². The van der Waals surface area contributed by atoms with E-state index in [-0.39, 0.29) is 21.2 Å². The number of anilines is 1. The summed E-state index contributed by atoms with van der Waals surface area (Å²) in [5.41, 5.74) is 0.795. The number of aromatic nitrogens is 5. The van der Waals surface area contributed by atoms with E-state index in [1.165, 1.54) is 37.8 Å². The first-order chi connectivity index (χ1) is 16.2. The van der Waals surface area contributed by atoms with E-state index in [0.717, 1.165) is 12.1 Å². The van der Waals surface area contributed by atoms with E-state index in [9.17, 15) is 12.8 Å². The van der Waals surface area contributed by atoms with Gasteiger partial charge in [-0.3, -0.25) is 9.71 Å². The van der Waals surface area contributed by atoms with Gasteiger partial charge in [0, 0.05) is 30.4 Å². The van der Waals surface area contributed by atoms with Crippen molar-refractivity contribution in [2.24, 2.45) is 0 Å². The van der Waals surface area contributed by atoms with E-state index in [4.69, 9.17) is 11.6 Å². The van der Waals surface area contributed by atoms with Gasteiger partial charge in [-0.05, 0) is 31.2 Å². The molecular weight excluding hydrogens is 486 g/mol. The Morgan fingerprint density at radius 1 is 1.12 bits per heavy atom. The number of sulfonamides is 1. The lowest BCUT2D eigenvalue weighted by Crippen LogP contribution is -2.16. The van der Waals surface area contributed by atoms with Crippen molar-refractivity contribution in [1.82, 2.24) is 24.3 Å². The Labute approximate surface area is 197 Å². The molecule has 0 aliphatic heterocycles. The Hall–Kier alpha value is -3.83. The van der Waals surface area contributed by atoms with Gasteiger partial charge in [-0.1, -0.05) is 17.7 Å². The number of pyridine rings is 2. The third kappa shape index (κ3) is 3.78. The summed E-state index contributed by atoms with van der Waals surface area (Å²) in [6, 6.07) is 6.39. The number of aryl methyl sites for hydroxylation is 1. The molecule has 5 aromatic rings. The Kier molecular flexibility index (Phi) is 5.29. The average Bonchev–Trinajstić information content (AvgIpc) is 3.47. The van der Waals surface area contributed by atoms with E-state index < -0.39 is 32.9 Å². The number of benzene rings is 1. The lowest BCUT2D eigenvalue weighted by atomic mass is 10.0. The van der Waals surface area contributed by atoms with Crippen molar-refractivity contribution >= 4 is 32.8 Å². The van der Waals surface area contributed by atoms with E-state index >= 15 is 4.39 Å². The van der Waals surface area contributed by atoms with Crippen molar-refractivity contribution in [3.63, 3.8) is 0 Å². The van der Waals surface area contributed by atoms with Crippen LogP contribution < -0.4 is 4.72 Å². The van der Waals surface area contributed by atoms with Crippen LogP contribution in [0.4, 0.5) is 14.5 Å². The lowest BCUT2D eigenvalue weighted by Gasteiger charge is -2.14. The highest BCUT2D eigenvalue weighted by atomic mass is 35.5. The molecule has 0 unspecified atom stereocenters. The topological polar surface area (TPSA) is 105 Å². The molecule has 0 aliphatic carbocycles. The summed E-state index contributed by atoms with van der Waals surface area (Å²) in [6.45, 7) is 1.48. The number of fused-ring (bicyclic) bond motifs is 1. The highest BCUT2D eigenvalue weighted by molar-refractivity contribution is 7.92. The highest BCUT2D eigenvalue weighted by Gasteiger charge is 2.23. The normalized spacial score (nSPS) is 11.8. The van der Waals surface area contributed by atoms with Crippen molar-refractivity contribution < 1.29 is 17.2 Å². The van der Waals surface area contributed by atoms with Crippen LogP contribution >= 0.6 is 11.6 Å². The van der Waals surface area contributed by atoms with Gasteiger partial charge in [-0.15, -0.1) is 0 Å². The minimum atomic E-state index is -4.24. The van der Waals surface area contributed by atoms with Crippen LogP contribution in [0.15, 0.2) is 66.3 Å². The van der Waals surface area contributed by atoms with E-state index in [0.29, 0.717) is 17.0 Å². The molecule has 0 saturated heterocycles. The second kappa shape index (κ2) is 8.19. The second-order valence-corrected chi connectivity index (χ2v) is 9.46. The standard InChI is InChI=1S/C22H15ClF2N6O2S/c1-12-18(8-14(23)9-28-12)34(32,33)30-16-4-3-15(24)19(20(16)25)13-2-5-17-21(22-26-6-7-27-22)29-11-31(17)10-13/h2-11,30H,1H3,(H,26,27). The summed E-state index contributed by atoms with van der Waals surface area (Å²) >= 11 is 5.87. The number of rotatable bonds is 5. The lowest BCUT2D eigenvalue weighted by molar-refractivity contribution is 0.587. The van der Waals surface area contributed by atoms with Crippen LogP contribution in [0.25, 0.3) is 28.2 Å². The fraction of sp³-hybridized carbons (Fsp3) is 0.0455. The van der Waals surface area contributed by atoms with E-state index in [2.05, 4.69) is 24.7 Å². The third-order valence-corrected chi connectivity index (χ3v) is 6.86. The predicted octanol–water partition coefficient (Wildman–Crippen LogP) is 4.83. The Balaban J connectivity index is 1.56. The number of hydrogen-bond acceptors (Lipinski definition) is 5. The molecule has 172 valence electrons. The molecule has 0 radical (unpaired) electrons. The van der Waals surface area contributed by atoms with Crippen LogP contribution in [-0.4, -0.2) is 32.8 Å². The molecule has 0 atom stereocenters. The van der Waals surface area contributed by atoms with Gasteiger partial charge < -0.3 is 9.38 Å². The van der Waals surface area contributed by atoms with Gasteiger partial charge in [0.1, 0.15) is 22.7 Å². The summed E-state index contributed by atoms with van der Waals surface area (Å²) in [4.78, 5) is 15.1. The average molecular weight is 501 g/mol. The largest absolute Gasteiger partial charge is 0.343 e. The molecule has 0 bridgehead atoms. The zero-order valence-corrected chi connectivity index (χ0v) is 19.0. The molecule has 4 aromatic heterocycles. The first-order valence-corrected chi connectivity index (χ1v) is 11.7. The van der Waals surface area contributed by atoms with Crippen LogP contribution in [-0.2, 0) is 10.0 Å². The molecule has 0 amide bonds. The van der Waals surface area contributed by atoms with Crippen LogP contribution in [0.5, 0.6) is 0 Å². The zero-order chi connectivity index (χ0) is 24.0. The molecule has 4 heterocycles. The van der Waals surface area contributed by atoms with Crippen molar-refractivity contribution in [3.8, 4) is 22.6 Å². The summed E-state index contributed by atoms with van der Waals surface area (Å²) in [5, 5.41) is 0.105. The molecular formula is C22H15ClF2N6O2S. The van der Waals surface area contributed by atoms with Crippen molar-refractivity contribution in [3.05, 3.63) is 83.8 Å². The molecule has 12 heteroatoms. The van der Waals surface area contributed by atoms with Gasteiger partial charge in [0.05, 0.1) is 27.5 Å². The molecule has 0 spiro atoms. The summed E-state index contributed by atoms with van der Waals surface area (Å²) in [6.07, 6.45) is 7.55. The Morgan fingerprint density at radius 2 is 1.94 bits per heavy atom. The molecule has 8 nitrogen and oxygen atoms in total. The Bertz CT molecular complexity index is 1650. The summed E-state index contributed by atoms with van der Waals surface area (Å²) < 4.78 is 59.6. The number of imidazole rings is 2. The number of nitrogens with zero attached hydrogens (tertiary/aromatic N) is 4. The summed E-state index contributed by atoms with van der Waals surface area (Å²) in [7, 11) is -4.24. The van der Waals surface area contributed by atoms with Gasteiger partial charge in [-0.2, -0.15) is 0 Å². The predicted molar refractivity (Wildman–Crippen MR) is 123 cm³/mol. The van der Waals surface area contributed by atoms with Gasteiger partial charge >= 0.3 is 0 Å². The van der Waals surface area contributed by atoms with Crippen molar-refractivity contribution in [1.29, 1.82) is 0 Å². The van der Waals surface area contributed by atoms with Crippen molar-refractivity contribution in [2.75, 3.05) is 4.72 Å². The quantitative estimate of drug-likeness (QED) is 0.360. The number of aromatic amines is 1. The third-order valence-electron chi connectivity index (χ3n) is 5.17. The first kappa shape index (κ1) is 22.0. The molecule has 1 aromatic carbocycles. The molecule has 0 aliphatic rings. The minimum Gasteiger partial charge on any atom is -0.343 e. The minimum absolute atomic E-state index is 0.105. The zero-order valence-electron chi connectivity index (χ0n) is 17.4. The summed E-state index contributed by atoms with van der Waals surface area (Å²) in [5.74, 6) is -1.37. The van der Waals surface area contributed by atoms with Gasteiger partial charge in [0.25, 0.3) is 10.0 Å². The first-order valence-electron chi connectivity index (χ1n) is 9.84. The highest BCUT2D eigenvalue weighted by Crippen LogP contribution is 2.33. The molecule has 34 heavy (non-hydrogen) atoms. The monoisotopic (exact) mass is 500 g/mol. The fourth-order valence-corrected chi connectivity index (χ4v) is 5.09. The maximum absolute atomic E-state index is 15.4. The maximum atomic E-state index is 15.4. The van der Waals surface area contributed by atoms with Crippen LogP contribution in [0.3, 0.4) is 0 Å². The number of H-pyrrole nitrogens is 1.